The molecule has 0 spiro atoms. The molecule has 0 amide bonds. The van der Waals surface area contributed by atoms with Gasteiger partial charge in [0.05, 0.1) is 17.4 Å². The quantitative estimate of drug-likeness (QED) is 0.355. The molecule has 6 rings (SSSR count). The van der Waals surface area contributed by atoms with Gasteiger partial charge in [-0.25, -0.2) is 4.99 Å². The molecule has 0 aliphatic carbocycles. The van der Waals surface area contributed by atoms with Gasteiger partial charge in [-0.05, 0) is 65.2 Å². The van der Waals surface area contributed by atoms with Crippen LogP contribution >= 0.6 is 35.0 Å². The average Bonchev–Trinajstić information content (AvgIpc) is 3.29. The molecule has 3 nitrogen and oxygen atoms in total. The summed E-state index contributed by atoms with van der Waals surface area (Å²) in [5.74, 6) is 0. The molecule has 0 saturated heterocycles. The number of amidine groups is 1. The number of nitrogens with zero attached hydrogens (tertiary/aromatic N) is 3. The number of fused-ring (bicyclic) bond motifs is 1. The summed E-state index contributed by atoms with van der Waals surface area (Å²) in [6.07, 6.45) is 2.24. The first-order chi connectivity index (χ1) is 17.1. The van der Waals surface area contributed by atoms with E-state index in [2.05, 4.69) is 82.9 Å². The van der Waals surface area contributed by atoms with Crippen molar-refractivity contribution in [2.24, 2.45) is 4.99 Å². The summed E-state index contributed by atoms with van der Waals surface area (Å²) in [5.41, 5.74) is 8.32. The van der Waals surface area contributed by atoms with E-state index in [1.807, 2.05) is 24.3 Å². The molecule has 3 aliphatic rings. The van der Waals surface area contributed by atoms with E-state index in [1.54, 1.807) is 11.8 Å². The molecule has 0 saturated carbocycles. The standard InChI is InChI=1S/C29H23Cl2N3S/c1-33-16-22(15-19-7-11-23(30)12-8-19)27-25(17-33)28(21-9-13-24(31)14-10-21)34-26(18-35-29(34)32-27)20-5-3-2-4-6-20/h2-15,18,28H,16-17H2,1H3. The van der Waals surface area contributed by atoms with Crippen LogP contribution in [0.3, 0.4) is 0 Å². The van der Waals surface area contributed by atoms with Crippen molar-refractivity contribution in [1.82, 2.24) is 9.80 Å². The molecule has 3 aromatic carbocycles. The lowest BCUT2D eigenvalue weighted by atomic mass is 9.88. The summed E-state index contributed by atoms with van der Waals surface area (Å²) in [5, 5.41) is 4.72. The topological polar surface area (TPSA) is 18.8 Å². The van der Waals surface area contributed by atoms with Crippen LogP contribution in [0.1, 0.15) is 22.7 Å². The van der Waals surface area contributed by atoms with Crippen molar-refractivity contribution < 1.29 is 0 Å². The zero-order valence-corrected chi connectivity index (χ0v) is 21.5. The molecule has 1 atom stereocenters. The number of rotatable bonds is 3. The van der Waals surface area contributed by atoms with Gasteiger partial charge in [-0.1, -0.05) is 89.6 Å². The normalized spacial score (nSPS) is 21.1. The summed E-state index contributed by atoms with van der Waals surface area (Å²) in [4.78, 5) is 10.0. The van der Waals surface area contributed by atoms with Crippen LogP contribution in [0.15, 0.2) is 106 Å². The van der Waals surface area contributed by atoms with E-state index in [4.69, 9.17) is 28.2 Å². The Morgan fingerprint density at radius 2 is 1.57 bits per heavy atom. The average molecular weight is 516 g/mol. The highest BCUT2D eigenvalue weighted by molar-refractivity contribution is 8.16. The minimum Gasteiger partial charge on any atom is -0.308 e. The Labute approximate surface area is 220 Å². The monoisotopic (exact) mass is 515 g/mol. The van der Waals surface area contributed by atoms with Crippen molar-refractivity contribution in [1.29, 1.82) is 0 Å². The lowest BCUT2D eigenvalue weighted by molar-refractivity contribution is 0.344. The van der Waals surface area contributed by atoms with Crippen molar-refractivity contribution in [2.45, 2.75) is 6.04 Å². The molecule has 6 heteroatoms. The molecule has 174 valence electrons. The smallest absolute Gasteiger partial charge is 0.174 e. The first kappa shape index (κ1) is 22.7. The van der Waals surface area contributed by atoms with E-state index in [-0.39, 0.29) is 6.04 Å². The van der Waals surface area contributed by atoms with E-state index < -0.39 is 0 Å². The van der Waals surface area contributed by atoms with Gasteiger partial charge in [0.25, 0.3) is 0 Å². The third kappa shape index (κ3) is 4.36. The fraction of sp³-hybridized carbons (Fsp3) is 0.138. The van der Waals surface area contributed by atoms with Gasteiger partial charge >= 0.3 is 0 Å². The zero-order chi connectivity index (χ0) is 23.9. The molecule has 3 heterocycles. The van der Waals surface area contributed by atoms with Crippen LogP contribution < -0.4 is 0 Å². The van der Waals surface area contributed by atoms with Gasteiger partial charge in [0.1, 0.15) is 0 Å². The minimum absolute atomic E-state index is 0.0348. The Kier molecular flexibility index (Phi) is 6.07. The van der Waals surface area contributed by atoms with Crippen LogP contribution in [0.2, 0.25) is 10.0 Å². The molecule has 0 aromatic heterocycles. The third-order valence-electron chi connectivity index (χ3n) is 6.49. The SMILES string of the molecule is CN1CC(=Cc2ccc(Cl)cc2)C2=C(C1)C(c1ccc(Cl)cc1)N1C(c3ccccc3)=CSC1=N2. The van der Waals surface area contributed by atoms with Crippen molar-refractivity contribution in [3.63, 3.8) is 0 Å². The van der Waals surface area contributed by atoms with Gasteiger partial charge in [-0.15, -0.1) is 0 Å². The fourth-order valence-corrected chi connectivity index (χ4v) is 6.12. The highest BCUT2D eigenvalue weighted by Crippen LogP contribution is 2.49. The molecule has 3 aromatic rings. The zero-order valence-electron chi connectivity index (χ0n) is 19.2. The van der Waals surface area contributed by atoms with Crippen LogP contribution in [-0.4, -0.2) is 35.1 Å². The Bertz CT molecular complexity index is 1390. The van der Waals surface area contributed by atoms with Gasteiger partial charge in [-0.2, -0.15) is 0 Å². The van der Waals surface area contributed by atoms with E-state index in [0.717, 1.165) is 39.6 Å². The van der Waals surface area contributed by atoms with Crippen molar-refractivity contribution in [3.8, 4) is 0 Å². The van der Waals surface area contributed by atoms with Gasteiger partial charge < -0.3 is 4.90 Å². The Morgan fingerprint density at radius 3 is 2.29 bits per heavy atom. The van der Waals surface area contributed by atoms with Crippen molar-refractivity contribution in [3.05, 3.63) is 128 Å². The summed E-state index contributed by atoms with van der Waals surface area (Å²) >= 11 is 14.1. The van der Waals surface area contributed by atoms with Crippen LogP contribution in [0, 0.1) is 0 Å². The Morgan fingerprint density at radius 1 is 0.886 bits per heavy atom. The predicted molar refractivity (Wildman–Crippen MR) is 149 cm³/mol. The summed E-state index contributed by atoms with van der Waals surface area (Å²) in [7, 11) is 2.17. The Balaban J connectivity index is 1.51. The molecule has 0 bridgehead atoms. The maximum absolute atomic E-state index is 6.28. The maximum Gasteiger partial charge on any atom is 0.174 e. The van der Waals surface area contributed by atoms with Gasteiger partial charge in [0.15, 0.2) is 5.17 Å². The van der Waals surface area contributed by atoms with Crippen molar-refractivity contribution in [2.75, 3.05) is 20.1 Å². The second-order valence-corrected chi connectivity index (χ2v) is 10.7. The number of thioether (sulfide) groups is 1. The van der Waals surface area contributed by atoms with Crippen LogP contribution in [0.25, 0.3) is 11.8 Å². The molecular formula is C29H23Cl2N3S. The molecule has 0 radical (unpaired) electrons. The highest BCUT2D eigenvalue weighted by Gasteiger charge is 2.41. The molecule has 35 heavy (non-hydrogen) atoms. The molecule has 0 N–H and O–H groups in total. The molecule has 1 unspecified atom stereocenters. The van der Waals surface area contributed by atoms with Gasteiger partial charge in [0.2, 0.25) is 0 Å². The first-order valence-corrected chi connectivity index (χ1v) is 13.1. The molecule has 0 fully saturated rings. The number of benzene rings is 3. The second kappa shape index (κ2) is 9.36. The lowest BCUT2D eigenvalue weighted by Crippen LogP contribution is -2.40. The largest absolute Gasteiger partial charge is 0.308 e. The summed E-state index contributed by atoms with van der Waals surface area (Å²) < 4.78 is 0. The lowest BCUT2D eigenvalue weighted by Gasteiger charge is -2.42. The van der Waals surface area contributed by atoms with E-state index in [0.29, 0.717) is 0 Å². The third-order valence-corrected chi connectivity index (χ3v) is 7.84. The Hall–Kier alpha value is -2.76. The first-order valence-electron chi connectivity index (χ1n) is 11.5. The van der Waals surface area contributed by atoms with Gasteiger partial charge in [-0.3, -0.25) is 4.90 Å². The van der Waals surface area contributed by atoms with Crippen LogP contribution in [-0.2, 0) is 0 Å². The van der Waals surface area contributed by atoms with Gasteiger partial charge in [0, 0.05) is 28.5 Å². The highest BCUT2D eigenvalue weighted by atomic mass is 35.5. The van der Waals surface area contributed by atoms with E-state index in [1.165, 1.54) is 28.0 Å². The number of hydrogen-bond donors (Lipinski definition) is 0. The van der Waals surface area contributed by atoms with E-state index in [9.17, 15) is 0 Å². The summed E-state index contributed by atoms with van der Waals surface area (Å²) in [6, 6.07) is 26.8. The van der Waals surface area contributed by atoms with Crippen molar-refractivity contribution >= 4 is 51.9 Å². The summed E-state index contributed by atoms with van der Waals surface area (Å²) in [6.45, 7) is 1.69. The number of halogens is 2. The van der Waals surface area contributed by atoms with Crippen LogP contribution in [0.5, 0.6) is 0 Å². The fourth-order valence-electron chi connectivity index (χ4n) is 4.94. The molecule has 3 aliphatic heterocycles. The van der Waals surface area contributed by atoms with E-state index >= 15 is 0 Å². The number of aliphatic imine (C=N–C) groups is 1. The maximum atomic E-state index is 6.28. The molecular weight excluding hydrogens is 493 g/mol. The van der Waals surface area contributed by atoms with Crippen LogP contribution in [0.4, 0.5) is 0 Å². The predicted octanol–water partition coefficient (Wildman–Crippen LogP) is 7.73. The second-order valence-electron chi connectivity index (χ2n) is 8.97. The minimum atomic E-state index is 0.0348. The number of likely N-dealkylation sites (N-methyl/N-ethyl adjacent to an activating group) is 1. The number of hydrogen-bond acceptors (Lipinski definition) is 4.